The molecule has 0 unspecified atom stereocenters. The molecular formula is C19H27NO4S. The molecule has 2 saturated carbocycles. The van der Waals surface area contributed by atoms with Crippen LogP contribution in [-0.2, 0) is 21.5 Å². The van der Waals surface area contributed by atoms with Crippen LogP contribution in [0.5, 0.6) is 5.75 Å². The molecule has 2 fully saturated rings. The van der Waals surface area contributed by atoms with Crippen molar-refractivity contribution < 1.29 is 17.4 Å². The third-order valence-electron chi connectivity index (χ3n) is 5.08. The van der Waals surface area contributed by atoms with Gasteiger partial charge in [0.25, 0.3) is 0 Å². The molecule has 2 aliphatic rings. The Bertz CT molecular complexity index is 689. The van der Waals surface area contributed by atoms with Gasteiger partial charge in [0.1, 0.15) is 5.75 Å². The molecular weight excluding hydrogens is 338 g/mol. The molecule has 0 N–H and O–H groups in total. The van der Waals surface area contributed by atoms with E-state index in [4.69, 9.17) is 4.18 Å². The molecule has 0 bridgehead atoms. The fourth-order valence-corrected chi connectivity index (χ4v) is 3.93. The van der Waals surface area contributed by atoms with E-state index in [9.17, 15) is 13.2 Å². The molecule has 3 rings (SSSR count). The maximum absolute atomic E-state index is 12.9. The van der Waals surface area contributed by atoms with Gasteiger partial charge in [-0.3, -0.25) is 4.79 Å². The molecule has 0 aromatic heterocycles. The molecule has 6 heteroatoms. The van der Waals surface area contributed by atoms with Gasteiger partial charge in [0.2, 0.25) is 5.91 Å². The SMILES string of the molecule is CCS(=O)(=O)Oc1ccc(CN(C(=O)C2CCCCC2)C2CC2)cc1. The van der Waals surface area contributed by atoms with Crippen LogP contribution in [0.1, 0.15) is 57.4 Å². The molecule has 0 heterocycles. The summed E-state index contributed by atoms with van der Waals surface area (Å²) in [5.74, 6) is 0.755. The van der Waals surface area contributed by atoms with Crippen LogP contribution < -0.4 is 4.18 Å². The summed E-state index contributed by atoms with van der Waals surface area (Å²) in [6.45, 7) is 2.15. The lowest BCUT2D eigenvalue weighted by molar-refractivity contribution is -0.137. The number of carbonyl (C=O) groups is 1. The monoisotopic (exact) mass is 365 g/mol. The van der Waals surface area contributed by atoms with E-state index in [0.29, 0.717) is 24.2 Å². The fraction of sp³-hybridized carbons (Fsp3) is 0.632. The van der Waals surface area contributed by atoms with Crippen molar-refractivity contribution in [2.24, 2.45) is 5.92 Å². The first-order valence-electron chi connectivity index (χ1n) is 9.30. The molecule has 1 amide bonds. The minimum atomic E-state index is -3.50. The van der Waals surface area contributed by atoms with Crippen LogP contribution >= 0.6 is 0 Å². The first-order chi connectivity index (χ1) is 12.0. The lowest BCUT2D eigenvalue weighted by Gasteiger charge is -2.29. The van der Waals surface area contributed by atoms with E-state index in [0.717, 1.165) is 44.1 Å². The van der Waals surface area contributed by atoms with Gasteiger partial charge in [0, 0.05) is 18.5 Å². The largest absolute Gasteiger partial charge is 0.382 e. The summed E-state index contributed by atoms with van der Waals surface area (Å²) in [5.41, 5.74) is 1.01. The molecule has 0 radical (unpaired) electrons. The fourth-order valence-electron chi connectivity index (χ4n) is 3.41. The zero-order valence-electron chi connectivity index (χ0n) is 14.8. The van der Waals surface area contributed by atoms with Crippen LogP contribution in [-0.4, -0.2) is 31.0 Å². The summed E-state index contributed by atoms with van der Waals surface area (Å²) in [5, 5.41) is 0. The number of benzene rings is 1. The van der Waals surface area contributed by atoms with Crippen LogP contribution in [0.3, 0.4) is 0 Å². The van der Waals surface area contributed by atoms with E-state index in [-0.39, 0.29) is 11.7 Å². The molecule has 25 heavy (non-hydrogen) atoms. The van der Waals surface area contributed by atoms with Crippen molar-refractivity contribution in [1.29, 1.82) is 0 Å². The van der Waals surface area contributed by atoms with Gasteiger partial charge in [-0.05, 0) is 50.3 Å². The highest BCUT2D eigenvalue weighted by molar-refractivity contribution is 7.87. The molecule has 1 aromatic rings. The van der Waals surface area contributed by atoms with Gasteiger partial charge in [-0.25, -0.2) is 0 Å². The average Bonchev–Trinajstić information content (AvgIpc) is 3.46. The third-order valence-corrected chi connectivity index (χ3v) is 6.23. The zero-order valence-corrected chi connectivity index (χ0v) is 15.6. The summed E-state index contributed by atoms with van der Waals surface area (Å²) < 4.78 is 28.0. The Labute approximate surface area is 150 Å². The van der Waals surface area contributed by atoms with Crippen molar-refractivity contribution in [1.82, 2.24) is 4.90 Å². The zero-order chi connectivity index (χ0) is 17.9. The Hall–Kier alpha value is -1.56. The van der Waals surface area contributed by atoms with Gasteiger partial charge in [-0.15, -0.1) is 0 Å². The number of rotatable bonds is 7. The predicted molar refractivity (Wildman–Crippen MR) is 96.7 cm³/mol. The van der Waals surface area contributed by atoms with E-state index in [2.05, 4.69) is 0 Å². The second-order valence-corrected chi connectivity index (χ2v) is 8.97. The Morgan fingerprint density at radius 1 is 1.08 bits per heavy atom. The topological polar surface area (TPSA) is 63.7 Å². The van der Waals surface area contributed by atoms with Crippen LogP contribution in [0.15, 0.2) is 24.3 Å². The maximum atomic E-state index is 12.9. The molecule has 0 saturated heterocycles. The van der Waals surface area contributed by atoms with Gasteiger partial charge in [-0.1, -0.05) is 31.4 Å². The summed E-state index contributed by atoms with van der Waals surface area (Å²) in [6, 6.07) is 7.41. The van der Waals surface area contributed by atoms with Crippen molar-refractivity contribution >= 4 is 16.0 Å². The maximum Gasteiger partial charge on any atom is 0.308 e. The van der Waals surface area contributed by atoms with E-state index in [1.165, 1.54) is 6.42 Å². The molecule has 0 atom stereocenters. The van der Waals surface area contributed by atoms with Crippen molar-refractivity contribution in [2.45, 2.75) is 64.5 Å². The van der Waals surface area contributed by atoms with Crippen LogP contribution in [0.2, 0.25) is 0 Å². The van der Waals surface area contributed by atoms with Gasteiger partial charge in [0.15, 0.2) is 0 Å². The lowest BCUT2D eigenvalue weighted by Crippen LogP contribution is -2.38. The van der Waals surface area contributed by atoms with E-state index in [1.807, 2.05) is 17.0 Å². The third kappa shape index (κ3) is 4.97. The van der Waals surface area contributed by atoms with Gasteiger partial charge in [-0.2, -0.15) is 8.42 Å². The van der Waals surface area contributed by atoms with Crippen LogP contribution in [0, 0.1) is 5.92 Å². The molecule has 0 spiro atoms. The van der Waals surface area contributed by atoms with Crippen LogP contribution in [0.4, 0.5) is 0 Å². The first-order valence-corrected chi connectivity index (χ1v) is 10.9. The molecule has 138 valence electrons. The Morgan fingerprint density at radius 3 is 2.28 bits per heavy atom. The van der Waals surface area contributed by atoms with Gasteiger partial charge in [0.05, 0.1) is 5.75 Å². The molecule has 5 nitrogen and oxygen atoms in total. The normalized spacial score (nSPS) is 18.8. The smallest absolute Gasteiger partial charge is 0.308 e. The highest BCUT2D eigenvalue weighted by atomic mass is 32.2. The van der Waals surface area contributed by atoms with Crippen molar-refractivity contribution in [3.63, 3.8) is 0 Å². The Balaban J connectivity index is 1.65. The van der Waals surface area contributed by atoms with E-state index >= 15 is 0 Å². The lowest BCUT2D eigenvalue weighted by atomic mass is 9.88. The quantitative estimate of drug-likeness (QED) is 0.694. The molecule has 0 aliphatic heterocycles. The summed E-state index contributed by atoms with van der Waals surface area (Å²) in [4.78, 5) is 14.9. The van der Waals surface area contributed by atoms with Crippen molar-refractivity contribution in [3.05, 3.63) is 29.8 Å². The number of carbonyl (C=O) groups excluding carboxylic acids is 1. The van der Waals surface area contributed by atoms with Crippen molar-refractivity contribution in [2.75, 3.05) is 5.75 Å². The summed E-state index contributed by atoms with van der Waals surface area (Å²) in [6.07, 6.45) is 7.78. The second-order valence-electron chi connectivity index (χ2n) is 7.11. The minimum absolute atomic E-state index is 0.0555. The highest BCUT2D eigenvalue weighted by Gasteiger charge is 2.36. The number of hydrogen-bond acceptors (Lipinski definition) is 4. The van der Waals surface area contributed by atoms with E-state index < -0.39 is 10.1 Å². The van der Waals surface area contributed by atoms with Crippen molar-refractivity contribution in [3.8, 4) is 5.75 Å². The average molecular weight is 365 g/mol. The highest BCUT2D eigenvalue weighted by Crippen LogP contribution is 2.33. The Morgan fingerprint density at radius 2 is 1.72 bits per heavy atom. The number of hydrogen-bond donors (Lipinski definition) is 0. The first kappa shape index (κ1) is 18.2. The van der Waals surface area contributed by atoms with Gasteiger partial charge >= 0.3 is 10.1 Å². The van der Waals surface area contributed by atoms with Crippen LogP contribution in [0.25, 0.3) is 0 Å². The molecule has 2 aliphatic carbocycles. The standard InChI is InChI=1S/C19H27NO4S/c1-2-25(22,23)24-18-12-8-15(9-13-18)14-20(17-10-11-17)19(21)16-6-4-3-5-7-16/h8-9,12-13,16-17H,2-7,10-11,14H2,1H3. The number of amides is 1. The van der Waals surface area contributed by atoms with Gasteiger partial charge < -0.3 is 9.08 Å². The number of nitrogens with zero attached hydrogens (tertiary/aromatic N) is 1. The summed E-state index contributed by atoms with van der Waals surface area (Å²) >= 11 is 0. The summed E-state index contributed by atoms with van der Waals surface area (Å²) in [7, 11) is -3.50. The van der Waals surface area contributed by atoms with E-state index in [1.54, 1.807) is 19.1 Å². The predicted octanol–water partition coefficient (Wildman–Crippen LogP) is 3.49. The minimum Gasteiger partial charge on any atom is -0.382 e. The molecule has 1 aromatic carbocycles. The Kier molecular flexibility index (Phi) is 5.67. The second kappa shape index (κ2) is 7.77.